The van der Waals surface area contributed by atoms with Gasteiger partial charge >= 0.3 is 5.97 Å². The summed E-state index contributed by atoms with van der Waals surface area (Å²) in [6.45, 7) is -0.102. The number of carbonyl (C=O) groups is 2. The van der Waals surface area contributed by atoms with Gasteiger partial charge in [-0.1, -0.05) is 11.6 Å². The van der Waals surface area contributed by atoms with E-state index in [-0.39, 0.29) is 33.8 Å². The number of carboxylic acid groups (broad SMARTS) is 1. The Morgan fingerprint density at radius 1 is 1.55 bits per heavy atom. The molecule has 1 unspecified atom stereocenters. The highest BCUT2D eigenvalue weighted by Crippen LogP contribution is 2.41. The monoisotopic (exact) mass is 362 g/mol. The van der Waals surface area contributed by atoms with Gasteiger partial charge in [-0.05, 0) is 22.0 Å². The van der Waals surface area contributed by atoms with E-state index in [1.165, 1.54) is 6.07 Å². The van der Waals surface area contributed by atoms with Crippen LogP contribution in [-0.4, -0.2) is 28.5 Å². The van der Waals surface area contributed by atoms with Crippen molar-refractivity contribution in [2.24, 2.45) is 5.92 Å². The maximum absolute atomic E-state index is 11.9. The van der Waals surface area contributed by atoms with Gasteiger partial charge in [-0.2, -0.15) is 0 Å². The third-order valence-electron chi connectivity index (χ3n) is 2.95. The fourth-order valence-electron chi connectivity index (χ4n) is 2.05. The molecule has 0 aliphatic carbocycles. The van der Waals surface area contributed by atoms with Crippen molar-refractivity contribution in [3.8, 4) is 0 Å². The number of halogens is 2. The highest BCUT2D eigenvalue weighted by molar-refractivity contribution is 9.10. The Hall–Kier alpha value is -1.67. The first kappa shape index (κ1) is 14.7. The van der Waals surface area contributed by atoms with Crippen molar-refractivity contribution in [2.45, 2.75) is 6.42 Å². The lowest BCUT2D eigenvalue weighted by Gasteiger charge is -2.18. The molecule has 0 bridgehead atoms. The van der Waals surface area contributed by atoms with Gasteiger partial charge in [0.05, 0.1) is 10.8 Å². The van der Waals surface area contributed by atoms with Crippen LogP contribution in [0.4, 0.5) is 11.4 Å². The van der Waals surface area contributed by atoms with Gasteiger partial charge in [0.15, 0.2) is 0 Å². The standard InChI is InChI=1S/C11H8BrClN2O5/c12-7-2-6(13)3-8(15(19)20)10(7)14-4-5(11(17)18)1-9(14)16/h2-3,5H,1,4H2,(H,17,18). The van der Waals surface area contributed by atoms with Crippen molar-refractivity contribution in [1.82, 2.24) is 0 Å². The van der Waals surface area contributed by atoms with Crippen LogP contribution >= 0.6 is 27.5 Å². The van der Waals surface area contributed by atoms with Gasteiger partial charge in [0.25, 0.3) is 5.69 Å². The molecule has 0 saturated carbocycles. The number of rotatable bonds is 3. The summed E-state index contributed by atoms with van der Waals surface area (Å²) in [6, 6.07) is 2.55. The van der Waals surface area contributed by atoms with Crippen LogP contribution in [0.3, 0.4) is 0 Å². The molecule has 0 spiro atoms. The predicted molar refractivity (Wildman–Crippen MR) is 73.9 cm³/mol. The summed E-state index contributed by atoms with van der Waals surface area (Å²) in [5.41, 5.74) is -0.308. The summed E-state index contributed by atoms with van der Waals surface area (Å²) in [4.78, 5) is 34.3. The summed E-state index contributed by atoms with van der Waals surface area (Å²) in [5, 5.41) is 20.2. The van der Waals surface area contributed by atoms with Crippen molar-refractivity contribution < 1.29 is 19.6 Å². The number of anilines is 1. The predicted octanol–water partition coefficient (Wildman–Crippen LogP) is 2.45. The second-order valence-corrected chi connectivity index (χ2v) is 5.55. The molecule has 1 heterocycles. The molecule has 0 aromatic heterocycles. The molecule has 1 N–H and O–H groups in total. The van der Waals surface area contributed by atoms with E-state index in [0.717, 1.165) is 11.0 Å². The highest BCUT2D eigenvalue weighted by atomic mass is 79.9. The molecule has 0 radical (unpaired) electrons. The number of nitrogens with zero attached hydrogens (tertiary/aromatic N) is 2. The first-order valence-electron chi connectivity index (χ1n) is 5.48. The van der Waals surface area contributed by atoms with Crippen LogP contribution in [0.15, 0.2) is 16.6 Å². The smallest absolute Gasteiger partial charge is 0.308 e. The molecule has 20 heavy (non-hydrogen) atoms. The van der Waals surface area contributed by atoms with Crippen molar-refractivity contribution in [3.63, 3.8) is 0 Å². The summed E-state index contributed by atoms with van der Waals surface area (Å²) >= 11 is 8.89. The van der Waals surface area contributed by atoms with E-state index in [2.05, 4.69) is 15.9 Å². The van der Waals surface area contributed by atoms with E-state index in [1.807, 2.05) is 0 Å². The average Bonchev–Trinajstić information content (AvgIpc) is 2.70. The molecule has 7 nitrogen and oxygen atoms in total. The molecular weight excluding hydrogens is 355 g/mol. The fourth-order valence-corrected chi connectivity index (χ4v) is 3.06. The number of aliphatic carboxylic acids is 1. The van der Waals surface area contributed by atoms with Crippen molar-refractivity contribution in [3.05, 3.63) is 31.7 Å². The molecule has 1 amide bonds. The highest BCUT2D eigenvalue weighted by Gasteiger charge is 2.39. The van der Waals surface area contributed by atoms with E-state index in [0.29, 0.717) is 0 Å². The Morgan fingerprint density at radius 2 is 2.20 bits per heavy atom. The van der Waals surface area contributed by atoms with Crippen LogP contribution < -0.4 is 4.90 Å². The molecule has 1 fully saturated rings. The van der Waals surface area contributed by atoms with Crippen LogP contribution in [0.2, 0.25) is 5.02 Å². The summed E-state index contributed by atoms with van der Waals surface area (Å²) in [7, 11) is 0. The zero-order valence-electron chi connectivity index (χ0n) is 9.88. The Kier molecular flexibility index (Phi) is 3.96. The van der Waals surface area contributed by atoms with Gasteiger partial charge in [-0.15, -0.1) is 0 Å². The largest absolute Gasteiger partial charge is 0.481 e. The molecule has 106 valence electrons. The van der Waals surface area contributed by atoms with E-state index in [1.54, 1.807) is 0 Å². The van der Waals surface area contributed by atoms with Crippen LogP contribution in [0, 0.1) is 16.0 Å². The van der Waals surface area contributed by atoms with Crippen LogP contribution in [0.25, 0.3) is 0 Å². The van der Waals surface area contributed by atoms with Gasteiger partial charge in [0.2, 0.25) is 5.91 Å². The SMILES string of the molecule is O=C(O)C1CC(=O)N(c2c(Br)cc(Cl)cc2[N+](=O)[O-])C1. The molecule has 1 saturated heterocycles. The quantitative estimate of drug-likeness (QED) is 0.656. The topological polar surface area (TPSA) is 101 Å². The minimum atomic E-state index is -1.10. The second-order valence-electron chi connectivity index (χ2n) is 4.26. The van der Waals surface area contributed by atoms with Crippen LogP contribution in [0.5, 0.6) is 0 Å². The Balaban J connectivity index is 2.50. The van der Waals surface area contributed by atoms with E-state index in [4.69, 9.17) is 16.7 Å². The van der Waals surface area contributed by atoms with Crippen molar-refractivity contribution >= 4 is 50.8 Å². The maximum atomic E-state index is 11.9. The minimum absolute atomic E-state index is 0.0353. The third-order valence-corrected chi connectivity index (χ3v) is 3.77. The number of hydrogen-bond acceptors (Lipinski definition) is 4. The zero-order chi connectivity index (χ0) is 15.0. The Bertz CT molecular complexity index is 621. The first-order chi connectivity index (χ1) is 9.31. The Morgan fingerprint density at radius 3 is 2.70 bits per heavy atom. The number of benzene rings is 1. The molecule has 1 aliphatic heterocycles. The molecule has 2 rings (SSSR count). The van der Waals surface area contributed by atoms with Crippen LogP contribution in [0.1, 0.15) is 6.42 Å². The lowest BCUT2D eigenvalue weighted by Crippen LogP contribution is -2.27. The molecular formula is C11H8BrClN2O5. The molecule has 1 aromatic carbocycles. The number of nitro groups is 1. The normalized spacial score (nSPS) is 18.4. The lowest BCUT2D eigenvalue weighted by atomic mass is 10.1. The third kappa shape index (κ3) is 2.61. The van der Waals surface area contributed by atoms with Gasteiger partial charge < -0.3 is 10.0 Å². The van der Waals surface area contributed by atoms with Gasteiger partial charge in [0, 0.05) is 28.5 Å². The second kappa shape index (κ2) is 5.37. The zero-order valence-corrected chi connectivity index (χ0v) is 12.2. The maximum Gasteiger partial charge on any atom is 0.308 e. The lowest BCUT2D eigenvalue weighted by molar-refractivity contribution is -0.384. The fraction of sp³-hybridized carbons (Fsp3) is 0.273. The number of carboxylic acids is 1. The van der Waals surface area contributed by atoms with E-state index in [9.17, 15) is 19.7 Å². The van der Waals surface area contributed by atoms with Crippen LogP contribution in [-0.2, 0) is 9.59 Å². The summed E-state index contributed by atoms with van der Waals surface area (Å²) in [6.07, 6.45) is -0.179. The van der Waals surface area contributed by atoms with Gasteiger partial charge in [0.1, 0.15) is 5.69 Å². The molecule has 9 heteroatoms. The number of nitro benzene ring substituents is 1. The first-order valence-corrected chi connectivity index (χ1v) is 6.65. The minimum Gasteiger partial charge on any atom is -0.481 e. The van der Waals surface area contributed by atoms with Gasteiger partial charge in [-0.3, -0.25) is 19.7 Å². The molecule has 1 atom stereocenters. The average molecular weight is 364 g/mol. The Labute approximate surface area is 126 Å². The van der Waals surface area contributed by atoms with E-state index >= 15 is 0 Å². The van der Waals surface area contributed by atoms with Gasteiger partial charge in [-0.25, -0.2) is 0 Å². The van der Waals surface area contributed by atoms with E-state index < -0.39 is 22.7 Å². The number of amides is 1. The molecule has 1 aromatic rings. The van der Waals surface area contributed by atoms with Crippen molar-refractivity contribution in [1.29, 1.82) is 0 Å². The number of hydrogen-bond donors (Lipinski definition) is 1. The summed E-state index contributed by atoms with van der Waals surface area (Å²) in [5.74, 6) is -2.44. The summed E-state index contributed by atoms with van der Waals surface area (Å²) < 4.78 is 0.274. The van der Waals surface area contributed by atoms with Crippen molar-refractivity contribution in [2.75, 3.05) is 11.4 Å². The number of carbonyl (C=O) groups excluding carboxylic acids is 1. The molecule has 1 aliphatic rings.